The van der Waals surface area contributed by atoms with E-state index < -0.39 is 0 Å². The number of hydrogen-bond acceptors (Lipinski definition) is 5. The summed E-state index contributed by atoms with van der Waals surface area (Å²) >= 11 is 0. The van der Waals surface area contributed by atoms with Gasteiger partial charge in [0.05, 0.1) is 32.3 Å². The predicted molar refractivity (Wildman–Crippen MR) is 72.0 cm³/mol. The molecule has 2 aliphatic heterocycles. The predicted octanol–water partition coefficient (Wildman–Crippen LogP) is -0.941. The van der Waals surface area contributed by atoms with Crippen molar-refractivity contribution >= 4 is 5.91 Å². The van der Waals surface area contributed by atoms with Gasteiger partial charge in [0.15, 0.2) is 0 Å². The number of hydrogen-bond donors (Lipinski definition) is 2. The largest absolute Gasteiger partial charge is 0.379 e. The second-order valence-electron chi connectivity index (χ2n) is 5.14. The molecule has 2 rings (SSSR count). The molecule has 2 aliphatic rings. The van der Waals surface area contributed by atoms with Crippen LogP contribution in [0.25, 0.3) is 0 Å². The van der Waals surface area contributed by atoms with E-state index in [-0.39, 0.29) is 17.9 Å². The van der Waals surface area contributed by atoms with E-state index in [1.165, 1.54) is 0 Å². The van der Waals surface area contributed by atoms with Gasteiger partial charge in [0, 0.05) is 25.7 Å². The van der Waals surface area contributed by atoms with Gasteiger partial charge < -0.3 is 20.1 Å². The van der Waals surface area contributed by atoms with E-state index in [0.717, 1.165) is 45.8 Å². The molecule has 0 aliphatic carbocycles. The van der Waals surface area contributed by atoms with Crippen LogP contribution >= 0.6 is 0 Å². The van der Waals surface area contributed by atoms with Crippen LogP contribution in [0, 0.1) is 5.92 Å². The molecule has 6 heteroatoms. The van der Waals surface area contributed by atoms with Gasteiger partial charge in [-0.2, -0.15) is 0 Å². The summed E-state index contributed by atoms with van der Waals surface area (Å²) in [6, 6.07) is 0.152. The molecular weight excluding hydrogens is 246 g/mol. The van der Waals surface area contributed by atoms with Crippen molar-refractivity contribution in [1.82, 2.24) is 15.5 Å². The summed E-state index contributed by atoms with van der Waals surface area (Å²) in [6.07, 6.45) is 0.990. The number of carbonyl (C=O) groups is 1. The van der Waals surface area contributed by atoms with Crippen LogP contribution in [0.5, 0.6) is 0 Å². The highest BCUT2D eigenvalue weighted by Gasteiger charge is 2.32. The van der Waals surface area contributed by atoms with Crippen molar-refractivity contribution < 1.29 is 14.3 Å². The SMILES string of the molecule is CNC1COCC1C(=O)NCCCN1CCOCC1. The Morgan fingerprint density at radius 3 is 2.79 bits per heavy atom. The van der Waals surface area contributed by atoms with Crippen molar-refractivity contribution in [2.75, 3.05) is 59.7 Å². The molecule has 6 nitrogen and oxygen atoms in total. The molecule has 2 saturated heterocycles. The molecule has 0 spiro atoms. The van der Waals surface area contributed by atoms with Gasteiger partial charge in [-0.15, -0.1) is 0 Å². The Balaban J connectivity index is 1.58. The minimum Gasteiger partial charge on any atom is -0.379 e. The third-order valence-electron chi connectivity index (χ3n) is 3.84. The van der Waals surface area contributed by atoms with Gasteiger partial charge in [0.1, 0.15) is 0 Å². The first-order valence-corrected chi connectivity index (χ1v) is 7.14. The number of nitrogens with zero attached hydrogens (tertiary/aromatic N) is 1. The van der Waals surface area contributed by atoms with Crippen LogP contribution in [0.15, 0.2) is 0 Å². The van der Waals surface area contributed by atoms with Crippen LogP contribution in [-0.4, -0.2) is 76.5 Å². The van der Waals surface area contributed by atoms with Crippen LogP contribution in [0.4, 0.5) is 0 Å². The fraction of sp³-hybridized carbons (Fsp3) is 0.923. The molecule has 2 unspecified atom stereocenters. The van der Waals surface area contributed by atoms with Gasteiger partial charge in [-0.25, -0.2) is 0 Å². The summed E-state index contributed by atoms with van der Waals surface area (Å²) in [6.45, 7) is 6.59. The Labute approximate surface area is 114 Å². The van der Waals surface area contributed by atoms with Gasteiger partial charge in [-0.3, -0.25) is 9.69 Å². The minimum absolute atomic E-state index is 0.0478. The number of morpholine rings is 1. The van der Waals surface area contributed by atoms with Gasteiger partial charge in [0.25, 0.3) is 0 Å². The molecule has 110 valence electrons. The number of rotatable bonds is 6. The first-order chi connectivity index (χ1) is 9.31. The second kappa shape index (κ2) is 7.79. The lowest BCUT2D eigenvalue weighted by molar-refractivity contribution is -0.125. The Kier molecular flexibility index (Phi) is 6.03. The summed E-state index contributed by atoms with van der Waals surface area (Å²) in [5.41, 5.74) is 0. The Bertz CT molecular complexity index is 282. The highest BCUT2D eigenvalue weighted by molar-refractivity contribution is 5.79. The zero-order valence-electron chi connectivity index (χ0n) is 11.7. The lowest BCUT2D eigenvalue weighted by Crippen LogP contribution is -2.43. The highest BCUT2D eigenvalue weighted by atomic mass is 16.5. The lowest BCUT2D eigenvalue weighted by atomic mass is 10.0. The van der Waals surface area contributed by atoms with E-state index in [2.05, 4.69) is 15.5 Å². The molecule has 2 fully saturated rings. The molecule has 0 bridgehead atoms. The maximum absolute atomic E-state index is 12.0. The first kappa shape index (κ1) is 14.7. The van der Waals surface area contributed by atoms with E-state index in [4.69, 9.17) is 9.47 Å². The molecule has 0 aromatic rings. The molecule has 19 heavy (non-hydrogen) atoms. The molecule has 0 saturated carbocycles. The number of amides is 1. The Morgan fingerprint density at radius 1 is 1.26 bits per heavy atom. The molecule has 2 heterocycles. The molecular formula is C13H25N3O3. The topological polar surface area (TPSA) is 62.8 Å². The van der Waals surface area contributed by atoms with Crippen LogP contribution in [0.2, 0.25) is 0 Å². The normalized spacial score (nSPS) is 28.5. The quantitative estimate of drug-likeness (QED) is 0.611. The van der Waals surface area contributed by atoms with E-state index in [1.807, 2.05) is 7.05 Å². The Hall–Kier alpha value is -0.690. The van der Waals surface area contributed by atoms with Crippen molar-refractivity contribution in [2.45, 2.75) is 12.5 Å². The smallest absolute Gasteiger partial charge is 0.227 e. The standard InChI is InChI=1S/C13H25N3O3/c1-14-12-10-19-9-11(12)13(17)15-3-2-4-16-5-7-18-8-6-16/h11-12,14H,2-10H2,1H3,(H,15,17). The summed E-state index contributed by atoms with van der Waals surface area (Å²) in [5, 5.41) is 6.14. The van der Waals surface area contributed by atoms with Crippen molar-refractivity contribution in [2.24, 2.45) is 5.92 Å². The second-order valence-corrected chi connectivity index (χ2v) is 5.14. The van der Waals surface area contributed by atoms with E-state index >= 15 is 0 Å². The van der Waals surface area contributed by atoms with Gasteiger partial charge >= 0.3 is 0 Å². The van der Waals surface area contributed by atoms with E-state index in [0.29, 0.717) is 13.2 Å². The fourth-order valence-corrected chi connectivity index (χ4v) is 2.57. The van der Waals surface area contributed by atoms with Gasteiger partial charge in [-0.05, 0) is 20.0 Å². The molecule has 0 aromatic carbocycles. The van der Waals surface area contributed by atoms with E-state index in [9.17, 15) is 4.79 Å². The summed E-state index contributed by atoms with van der Waals surface area (Å²) in [4.78, 5) is 14.4. The van der Waals surface area contributed by atoms with Crippen LogP contribution < -0.4 is 10.6 Å². The number of ether oxygens (including phenoxy) is 2. The fourth-order valence-electron chi connectivity index (χ4n) is 2.57. The van der Waals surface area contributed by atoms with Gasteiger partial charge in [0.2, 0.25) is 5.91 Å². The third-order valence-corrected chi connectivity index (χ3v) is 3.84. The van der Waals surface area contributed by atoms with Crippen molar-refractivity contribution in [3.05, 3.63) is 0 Å². The average Bonchev–Trinajstić information content (AvgIpc) is 2.93. The van der Waals surface area contributed by atoms with E-state index in [1.54, 1.807) is 0 Å². The Morgan fingerprint density at radius 2 is 2.05 bits per heavy atom. The molecule has 2 N–H and O–H groups in total. The lowest BCUT2D eigenvalue weighted by Gasteiger charge is -2.26. The zero-order chi connectivity index (χ0) is 13.5. The number of nitrogens with one attached hydrogen (secondary N) is 2. The van der Waals surface area contributed by atoms with Gasteiger partial charge in [-0.1, -0.05) is 0 Å². The molecule has 1 amide bonds. The maximum atomic E-state index is 12.0. The van der Waals surface area contributed by atoms with Crippen molar-refractivity contribution in [3.63, 3.8) is 0 Å². The molecule has 0 aromatic heterocycles. The maximum Gasteiger partial charge on any atom is 0.227 e. The number of likely N-dealkylation sites (N-methyl/N-ethyl adjacent to an activating group) is 1. The summed E-state index contributed by atoms with van der Waals surface area (Å²) in [7, 11) is 1.87. The van der Waals surface area contributed by atoms with Crippen molar-refractivity contribution in [1.29, 1.82) is 0 Å². The average molecular weight is 271 g/mol. The molecule has 0 radical (unpaired) electrons. The summed E-state index contributed by atoms with van der Waals surface area (Å²) < 4.78 is 10.6. The van der Waals surface area contributed by atoms with Crippen LogP contribution in [0.1, 0.15) is 6.42 Å². The number of carbonyl (C=O) groups excluding carboxylic acids is 1. The minimum atomic E-state index is -0.0478. The van der Waals surface area contributed by atoms with Crippen molar-refractivity contribution in [3.8, 4) is 0 Å². The van der Waals surface area contributed by atoms with Crippen LogP contribution in [0.3, 0.4) is 0 Å². The highest BCUT2D eigenvalue weighted by Crippen LogP contribution is 2.13. The monoisotopic (exact) mass is 271 g/mol. The molecule has 2 atom stereocenters. The van der Waals surface area contributed by atoms with Crippen LogP contribution in [-0.2, 0) is 14.3 Å². The third kappa shape index (κ3) is 4.42. The summed E-state index contributed by atoms with van der Waals surface area (Å²) in [5.74, 6) is 0.0622. The first-order valence-electron chi connectivity index (χ1n) is 7.14. The zero-order valence-corrected chi connectivity index (χ0v) is 11.7.